The third-order valence-corrected chi connectivity index (χ3v) is 12.3. The molecule has 1 aliphatic rings. The van der Waals surface area contributed by atoms with Crippen LogP contribution in [0.2, 0.25) is 0 Å². The van der Waals surface area contributed by atoms with Gasteiger partial charge in [-0.1, -0.05) is 13.0 Å². The number of imidazole rings is 1. The monoisotopic (exact) mass is 697 g/mol. The second-order valence-electron chi connectivity index (χ2n) is 11.7. The number of likely N-dealkylation sites (N-methyl/N-ethyl adjacent to an activating group) is 1. The van der Waals surface area contributed by atoms with Gasteiger partial charge in [-0.2, -0.15) is 4.31 Å². The molecule has 3 heterocycles. The van der Waals surface area contributed by atoms with Gasteiger partial charge < -0.3 is 24.0 Å². The Morgan fingerprint density at radius 2 is 1.96 bits per heavy atom. The number of rotatable bonds is 9. The number of aryl methyl sites for hydroxylation is 1. The molecule has 1 aromatic carbocycles. The lowest BCUT2D eigenvalue weighted by Gasteiger charge is -2.35. The number of aliphatic hydroxyl groups excluding tert-OH is 1. The fourth-order valence-corrected chi connectivity index (χ4v) is 8.29. The van der Waals surface area contributed by atoms with Crippen molar-refractivity contribution in [2.45, 2.75) is 67.5 Å². The molecule has 0 aliphatic carbocycles. The van der Waals surface area contributed by atoms with Crippen molar-refractivity contribution in [3.63, 3.8) is 0 Å². The topological polar surface area (TPSA) is 160 Å². The highest BCUT2D eigenvalue weighted by molar-refractivity contribution is 7.94. The third kappa shape index (κ3) is 8.66. The fraction of sp³-hybridized carbons (Fsp3) is 0.533. The zero-order valence-electron chi connectivity index (χ0n) is 26.7. The van der Waals surface area contributed by atoms with Crippen LogP contribution in [0.25, 0.3) is 0 Å². The molecule has 2 aromatic heterocycles. The maximum absolute atomic E-state index is 14.3. The number of hydrogen-bond acceptors (Lipinski definition) is 10. The van der Waals surface area contributed by atoms with Gasteiger partial charge >= 0.3 is 0 Å². The van der Waals surface area contributed by atoms with E-state index < -0.39 is 38.1 Å². The Morgan fingerprint density at radius 1 is 1.20 bits per heavy atom. The van der Waals surface area contributed by atoms with Crippen molar-refractivity contribution in [2.75, 3.05) is 38.1 Å². The summed E-state index contributed by atoms with van der Waals surface area (Å²) in [5.74, 6) is -0.547. The Morgan fingerprint density at radius 3 is 2.61 bits per heavy atom. The lowest BCUT2D eigenvalue weighted by molar-refractivity contribution is -0.00835. The number of ether oxygens (including phenoxy) is 2. The van der Waals surface area contributed by atoms with E-state index in [-0.39, 0.29) is 52.2 Å². The van der Waals surface area contributed by atoms with Crippen molar-refractivity contribution < 1.29 is 36.2 Å². The van der Waals surface area contributed by atoms with Gasteiger partial charge in [0, 0.05) is 51.6 Å². The molecule has 46 heavy (non-hydrogen) atoms. The molecule has 0 saturated carbocycles. The number of carbonyl (C=O) groups excluding carboxylic acids is 1. The predicted octanol–water partition coefficient (Wildman–Crippen LogP) is 3.40. The molecule has 16 heteroatoms. The van der Waals surface area contributed by atoms with E-state index in [4.69, 9.17) is 9.47 Å². The van der Waals surface area contributed by atoms with Crippen LogP contribution >= 0.6 is 11.3 Å². The summed E-state index contributed by atoms with van der Waals surface area (Å²) in [6, 6.07) is 7.08. The molecular formula is C30H43N5O8S3. The molecule has 1 aliphatic heterocycles. The Labute approximate surface area is 275 Å². The number of fused-ring (bicyclic) bond motifs is 1. The zero-order valence-corrected chi connectivity index (χ0v) is 29.1. The van der Waals surface area contributed by atoms with E-state index >= 15 is 0 Å². The fourth-order valence-electron chi connectivity index (χ4n) is 5.10. The van der Waals surface area contributed by atoms with Crippen LogP contribution in [0.5, 0.6) is 5.75 Å². The Kier molecular flexibility index (Phi) is 11.9. The first kappa shape index (κ1) is 35.8. The smallest absolute Gasteiger partial charge is 0.271 e. The first-order chi connectivity index (χ1) is 21.7. The summed E-state index contributed by atoms with van der Waals surface area (Å²) in [5.41, 5.74) is 0.320. The van der Waals surface area contributed by atoms with Gasteiger partial charge in [-0.25, -0.2) is 21.8 Å². The van der Waals surface area contributed by atoms with E-state index in [9.17, 15) is 26.7 Å². The molecule has 3 aromatic rings. The van der Waals surface area contributed by atoms with Gasteiger partial charge in [-0.15, -0.1) is 11.3 Å². The summed E-state index contributed by atoms with van der Waals surface area (Å²) >= 11 is 1.08. The van der Waals surface area contributed by atoms with E-state index in [0.29, 0.717) is 25.2 Å². The van der Waals surface area contributed by atoms with E-state index in [0.717, 1.165) is 17.8 Å². The number of thiophene rings is 1. The van der Waals surface area contributed by atoms with Crippen molar-refractivity contribution >= 4 is 43.0 Å². The van der Waals surface area contributed by atoms with Crippen LogP contribution in [0.4, 0.5) is 5.69 Å². The van der Waals surface area contributed by atoms with E-state index in [2.05, 4.69) is 9.71 Å². The molecule has 0 unspecified atom stereocenters. The number of aromatic nitrogens is 2. The van der Waals surface area contributed by atoms with Crippen LogP contribution < -0.4 is 9.46 Å². The normalized spacial score (nSPS) is 21.3. The van der Waals surface area contributed by atoms with Crippen LogP contribution in [0.15, 0.2) is 57.5 Å². The summed E-state index contributed by atoms with van der Waals surface area (Å²) in [7, 11) is -4.62. The number of nitrogens with one attached hydrogen (secondary N) is 1. The van der Waals surface area contributed by atoms with Crippen LogP contribution in [0, 0.1) is 5.92 Å². The molecule has 0 spiro atoms. The summed E-state index contributed by atoms with van der Waals surface area (Å²) < 4.78 is 70.4. The molecule has 2 N–H and O–H groups in total. The predicted molar refractivity (Wildman–Crippen MR) is 175 cm³/mol. The minimum absolute atomic E-state index is 0.0142. The SMILES string of the molecule is C[C@@H]1CCCCO[C@H](CN(C)S(=O)(=O)c2cn(C)cn2)[C@@H](C)CN([C@H](C)CO)C(=O)c2cc(NS(=O)(=O)c3cccs3)ccc2O1. The molecule has 4 rings (SSSR count). The van der Waals surface area contributed by atoms with Gasteiger partial charge in [0.25, 0.3) is 26.0 Å². The minimum Gasteiger partial charge on any atom is -0.490 e. The maximum atomic E-state index is 14.3. The lowest BCUT2D eigenvalue weighted by Crippen LogP contribution is -2.48. The number of carbonyl (C=O) groups is 1. The second kappa shape index (κ2) is 15.3. The largest absolute Gasteiger partial charge is 0.490 e. The van der Waals surface area contributed by atoms with Gasteiger partial charge in [0.1, 0.15) is 9.96 Å². The van der Waals surface area contributed by atoms with Crippen LogP contribution in [-0.2, 0) is 31.8 Å². The van der Waals surface area contributed by atoms with Gasteiger partial charge in [0.05, 0.1) is 36.7 Å². The molecular weight excluding hydrogens is 655 g/mol. The van der Waals surface area contributed by atoms with Crippen molar-refractivity contribution in [3.8, 4) is 5.75 Å². The van der Waals surface area contributed by atoms with E-state index in [1.165, 1.54) is 40.9 Å². The van der Waals surface area contributed by atoms with Gasteiger partial charge in [0.15, 0.2) is 5.03 Å². The standard InChI is InChI=1S/C30H43N5O8S3/c1-21-16-35(22(2)19-36)30(37)25-15-24(32-45(38,39)29-10-8-14-44-29)11-12-26(25)43-23(3)9-6-7-13-42-27(21)17-34(5)46(40,41)28-18-33(4)20-31-28/h8,10-12,14-15,18,20-23,27,32,36H,6-7,9,13,16-17,19H2,1-5H3/t21-,22+,23+,27+/m0/s1. The molecule has 1 amide bonds. The molecule has 0 saturated heterocycles. The van der Waals surface area contributed by atoms with Crippen molar-refractivity contribution in [1.82, 2.24) is 18.8 Å². The first-order valence-electron chi connectivity index (χ1n) is 15.1. The van der Waals surface area contributed by atoms with Crippen molar-refractivity contribution in [2.24, 2.45) is 13.0 Å². The second-order valence-corrected chi connectivity index (χ2v) is 16.6. The summed E-state index contributed by atoms with van der Waals surface area (Å²) in [6.07, 6.45) is 4.12. The molecule has 0 bridgehead atoms. The van der Waals surface area contributed by atoms with Gasteiger partial charge in [0.2, 0.25) is 0 Å². The lowest BCUT2D eigenvalue weighted by atomic mass is 10.0. The number of amides is 1. The molecule has 0 fully saturated rings. The highest BCUT2D eigenvalue weighted by Crippen LogP contribution is 2.30. The zero-order chi connectivity index (χ0) is 33.6. The number of hydrogen-bond donors (Lipinski definition) is 2. The minimum atomic E-state index is -3.90. The summed E-state index contributed by atoms with van der Waals surface area (Å²) in [6.45, 7) is 5.64. The van der Waals surface area contributed by atoms with E-state index in [1.807, 2.05) is 13.8 Å². The Balaban J connectivity index is 1.67. The third-order valence-electron chi connectivity index (χ3n) is 7.86. The van der Waals surface area contributed by atoms with Crippen molar-refractivity contribution in [1.29, 1.82) is 0 Å². The van der Waals surface area contributed by atoms with Gasteiger partial charge in [-0.3, -0.25) is 9.52 Å². The van der Waals surface area contributed by atoms with Crippen molar-refractivity contribution in [3.05, 3.63) is 53.8 Å². The Hall–Kier alpha value is -3.02. The summed E-state index contributed by atoms with van der Waals surface area (Å²) in [4.78, 5) is 19.8. The highest BCUT2D eigenvalue weighted by atomic mass is 32.2. The average molecular weight is 698 g/mol. The number of nitrogens with zero attached hydrogens (tertiary/aromatic N) is 4. The highest BCUT2D eigenvalue weighted by Gasteiger charge is 2.33. The quantitative estimate of drug-likeness (QED) is 0.342. The molecule has 4 atom stereocenters. The number of benzene rings is 1. The molecule has 254 valence electrons. The average Bonchev–Trinajstić information content (AvgIpc) is 3.72. The van der Waals surface area contributed by atoms with Crippen LogP contribution in [0.1, 0.15) is 50.4 Å². The maximum Gasteiger partial charge on any atom is 0.271 e. The molecule has 0 radical (unpaired) electrons. The number of aliphatic hydroxyl groups is 1. The van der Waals surface area contributed by atoms with Gasteiger partial charge in [-0.05, 0) is 62.8 Å². The van der Waals surface area contributed by atoms with E-state index in [1.54, 1.807) is 42.1 Å². The first-order valence-corrected chi connectivity index (χ1v) is 18.9. The Bertz CT molecular complexity index is 1680. The van der Waals surface area contributed by atoms with Crippen LogP contribution in [0.3, 0.4) is 0 Å². The molecule has 13 nitrogen and oxygen atoms in total. The number of sulfonamides is 2. The van der Waals surface area contributed by atoms with Crippen LogP contribution in [-0.4, -0.2) is 98.2 Å². The number of anilines is 1. The summed E-state index contributed by atoms with van der Waals surface area (Å²) in [5, 5.41) is 11.8.